The molecule has 1 saturated carbocycles. The fraction of sp³-hybridized carbons (Fsp3) is 0.312. The van der Waals surface area contributed by atoms with Crippen molar-refractivity contribution in [2.75, 3.05) is 11.9 Å². The largest absolute Gasteiger partial charge is 0.363 e. The summed E-state index contributed by atoms with van der Waals surface area (Å²) < 4.78 is 2.18. The number of amides is 1. The third-order valence-electron chi connectivity index (χ3n) is 7.90. The SMILES string of the molecule is Cc1c(C(=O)N(C)C2CCCCC2)sc2nc3ccc(N(Cc4ccccc4)Cc4ccccc4)cc3n12.Cl. The van der Waals surface area contributed by atoms with Crippen molar-refractivity contribution >= 4 is 51.3 Å². The summed E-state index contributed by atoms with van der Waals surface area (Å²) in [7, 11) is 1.97. The van der Waals surface area contributed by atoms with Crippen molar-refractivity contribution in [1.82, 2.24) is 14.3 Å². The van der Waals surface area contributed by atoms with Crippen molar-refractivity contribution in [2.45, 2.75) is 58.2 Å². The van der Waals surface area contributed by atoms with Gasteiger partial charge in [0.15, 0.2) is 4.96 Å². The van der Waals surface area contributed by atoms with E-state index in [9.17, 15) is 4.79 Å². The fourth-order valence-corrected chi connectivity index (χ4v) is 6.86. The average molecular weight is 559 g/mol. The van der Waals surface area contributed by atoms with Gasteiger partial charge in [0, 0.05) is 37.6 Å². The lowest BCUT2D eigenvalue weighted by Gasteiger charge is -2.31. The van der Waals surface area contributed by atoms with Crippen LogP contribution in [0.5, 0.6) is 0 Å². The predicted octanol–water partition coefficient (Wildman–Crippen LogP) is 7.89. The number of hydrogen-bond acceptors (Lipinski definition) is 4. The lowest BCUT2D eigenvalue weighted by Crippen LogP contribution is -2.38. The molecule has 5 nitrogen and oxygen atoms in total. The molecule has 1 amide bonds. The summed E-state index contributed by atoms with van der Waals surface area (Å²) in [5, 5.41) is 0. The van der Waals surface area contributed by atoms with Crippen molar-refractivity contribution in [3.63, 3.8) is 0 Å². The number of benzene rings is 3. The Morgan fingerprint density at radius 1 is 0.923 bits per heavy atom. The minimum Gasteiger partial charge on any atom is -0.363 e. The summed E-state index contributed by atoms with van der Waals surface area (Å²) >= 11 is 1.52. The third kappa shape index (κ3) is 5.54. The number of hydrogen-bond donors (Lipinski definition) is 0. The molecule has 3 aromatic carbocycles. The molecule has 0 bridgehead atoms. The maximum Gasteiger partial charge on any atom is 0.265 e. The number of thiazole rings is 1. The molecule has 5 aromatic rings. The highest BCUT2D eigenvalue weighted by Gasteiger charge is 2.27. The van der Waals surface area contributed by atoms with E-state index in [1.807, 2.05) is 11.9 Å². The number of fused-ring (bicyclic) bond motifs is 3. The highest BCUT2D eigenvalue weighted by molar-refractivity contribution is 7.19. The molecule has 0 aliphatic heterocycles. The normalized spacial score (nSPS) is 13.9. The van der Waals surface area contributed by atoms with Gasteiger partial charge in [-0.3, -0.25) is 9.20 Å². The molecular weight excluding hydrogens is 524 g/mol. The summed E-state index contributed by atoms with van der Waals surface area (Å²) in [6.45, 7) is 3.67. The van der Waals surface area contributed by atoms with Gasteiger partial charge in [0.05, 0.1) is 11.0 Å². The van der Waals surface area contributed by atoms with Gasteiger partial charge in [-0.15, -0.1) is 12.4 Å². The summed E-state index contributed by atoms with van der Waals surface area (Å²) in [6.07, 6.45) is 5.92. The van der Waals surface area contributed by atoms with E-state index in [1.165, 1.54) is 41.7 Å². The Labute approximate surface area is 240 Å². The number of rotatable bonds is 7. The molecule has 2 heterocycles. The van der Waals surface area contributed by atoms with Crippen LogP contribution in [-0.2, 0) is 13.1 Å². The number of imidazole rings is 1. The van der Waals surface area contributed by atoms with Gasteiger partial charge in [-0.05, 0) is 49.1 Å². The zero-order chi connectivity index (χ0) is 26.1. The highest BCUT2D eigenvalue weighted by Crippen LogP contribution is 2.33. The molecule has 1 fully saturated rings. The van der Waals surface area contributed by atoms with Crippen LogP contribution in [0.3, 0.4) is 0 Å². The van der Waals surface area contributed by atoms with E-state index in [1.54, 1.807) is 0 Å². The topological polar surface area (TPSA) is 40.9 Å². The monoisotopic (exact) mass is 558 g/mol. The molecule has 1 aliphatic carbocycles. The molecule has 0 N–H and O–H groups in total. The Hall–Kier alpha value is -3.35. The van der Waals surface area contributed by atoms with Gasteiger partial charge in [0.1, 0.15) is 4.88 Å². The van der Waals surface area contributed by atoms with E-state index in [4.69, 9.17) is 4.98 Å². The molecule has 0 saturated heterocycles. The Balaban J connectivity index is 0.00000308. The molecule has 7 heteroatoms. The summed E-state index contributed by atoms with van der Waals surface area (Å²) in [5.41, 5.74) is 6.68. The van der Waals surface area contributed by atoms with Crippen LogP contribution in [0.4, 0.5) is 5.69 Å². The highest BCUT2D eigenvalue weighted by atomic mass is 35.5. The number of nitrogens with zero attached hydrogens (tertiary/aromatic N) is 4. The van der Waals surface area contributed by atoms with Gasteiger partial charge in [0.2, 0.25) is 0 Å². The van der Waals surface area contributed by atoms with Crippen molar-refractivity contribution < 1.29 is 4.79 Å². The Bertz CT molecular complexity index is 1520. The molecule has 2 aromatic heterocycles. The Morgan fingerprint density at radius 2 is 1.54 bits per heavy atom. The molecule has 6 rings (SSSR count). The fourth-order valence-electron chi connectivity index (χ4n) is 5.74. The second kappa shape index (κ2) is 11.8. The minimum absolute atomic E-state index is 0. The molecule has 0 spiro atoms. The number of aromatic nitrogens is 2. The summed E-state index contributed by atoms with van der Waals surface area (Å²) in [4.78, 5) is 24.5. The zero-order valence-electron chi connectivity index (χ0n) is 22.5. The number of carbonyl (C=O) groups excluding carboxylic acids is 1. The van der Waals surface area contributed by atoms with Crippen LogP contribution in [0.2, 0.25) is 0 Å². The first kappa shape index (κ1) is 27.2. The maximum atomic E-state index is 13.5. The average Bonchev–Trinajstić information content (AvgIpc) is 3.49. The van der Waals surface area contributed by atoms with Crippen LogP contribution in [0, 0.1) is 6.92 Å². The van der Waals surface area contributed by atoms with Gasteiger partial charge >= 0.3 is 0 Å². The zero-order valence-corrected chi connectivity index (χ0v) is 24.2. The van der Waals surface area contributed by atoms with E-state index in [0.29, 0.717) is 6.04 Å². The second-order valence-corrected chi connectivity index (χ2v) is 11.4. The van der Waals surface area contributed by atoms with Crippen molar-refractivity contribution in [1.29, 1.82) is 0 Å². The van der Waals surface area contributed by atoms with Crippen molar-refractivity contribution in [3.05, 3.63) is 101 Å². The van der Waals surface area contributed by atoms with E-state index in [2.05, 4.69) is 95.1 Å². The van der Waals surface area contributed by atoms with Crippen molar-refractivity contribution in [2.24, 2.45) is 0 Å². The van der Waals surface area contributed by atoms with Gasteiger partial charge in [-0.25, -0.2) is 4.98 Å². The lowest BCUT2D eigenvalue weighted by atomic mass is 9.94. The first-order chi connectivity index (χ1) is 18.6. The molecule has 202 valence electrons. The first-order valence-electron chi connectivity index (χ1n) is 13.6. The van der Waals surface area contributed by atoms with Gasteiger partial charge in [0.25, 0.3) is 5.91 Å². The van der Waals surface area contributed by atoms with E-state index in [0.717, 1.165) is 58.2 Å². The van der Waals surface area contributed by atoms with Gasteiger partial charge in [-0.2, -0.15) is 0 Å². The molecule has 0 unspecified atom stereocenters. The number of anilines is 1. The maximum absolute atomic E-state index is 13.5. The molecule has 0 atom stereocenters. The number of carbonyl (C=O) groups is 1. The van der Waals surface area contributed by atoms with E-state index in [-0.39, 0.29) is 18.3 Å². The molecule has 0 radical (unpaired) electrons. The summed E-state index contributed by atoms with van der Waals surface area (Å²) in [5.74, 6) is 0.129. The van der Waals surface area contributed by atoms with Crippen LogP contribution >= 0.6 is 23.7 Å². The standard InChI is InChI=1S/C32H34N4OS.ClH/c1-23-30(31(37)34(2)26-16-10-5-11-17-26)38-32-33-28-19-18-27(20-29(28)36(23)32)35(21-24-12-6-3-7-13-24)22-25-14-8-4-9-15-25;/h3-4,6-9,12-15,18-20,26H,5,10-11,16-17,21-22H2,1-2H3;1H. The van der Waals surface area contributed by atoms with Gasteiger partial charge < -0.3 is 9.80 Å². The first-order valence-corrected chi connectivity index (χ1v) is 14.4. The molecular formula is C32H35ClN4OS. The van der Waals surface area contributed by atoms with E-state index >= 15 is 0 Å². The number of halogens is 1. The molecule has 1 aliphatic rings. The second-order valence-electron chi connectivity index (χ2n) is 10.5. The molecule has 39 heavy (non-hydrogen) atoms. The summed E-state index contributed by atoms with van der Waals surface area (Å²) in [6, 6.07) is 28.1. The van der Waals surface area contributed by atoms with Crippen LogP contribution in [0.1, 0.15) is 58.6 Å². The van der Waals surface area contributed by atoms with Crippen LogP contribution in [-0.4, -0.2) is 33.3 Å². The Morgan fingerprint density at radius 3 is 2.15 bits per heavy atom. The number of aryl methyl sites for hydroxylation is 1. The lowest BCUT2D eigenvalue weighted by molar-refractivity contribution is 0.0700. The quantitative estimate of drug-likeness (QED) is 0.204. The van der Waals surface area contributed by atoms with Crippen LogP contribution in [0.25, 0.3) is 16.0 Å². The van der Waals surface area contributed by atoms with Crippen molar-refractivity contribution in [3.8, 4) is 0 Å². The van der Waals surface area contributed by atoms with E-state index < -0.39 is 0 Å². The predicted molar refractivity (Wildman–Crippen MR) is 164 cm³/mol. The van der Waals surface area contributed by atoms with Gasteiger partial charge in [-0.1, -0.05) is 91.3 Å². The van der Waals surface area contributed by atoms with Crippen LogP contribution in [0.15, 0.2) is 78.9 Å². The van der Waals surface area contributed by atoms with Crippen LogP contribution < -0.4 is 4.90 Å². The minimum atomic E-state index is 0. The third-order valence-corrected chi connectivity index (χ3v) is 9.03. The smallest absolute Gasteiger partial charge is 0.265 e. The Kier molecular flexibility index (Phi) is 8.24.